The van der Waals surface area contributed by atoms with Gasteiger partial charge in [-0.1, -0.05) is 36.4 Å². The average molecular weight is 649 g/mol. The van der Waals surface area contributed by atoms with E-state index >= 15 is 0 Å². The predicted octanol–water partition coefficient (Wildman–Crippen LogP) is 2.94. The molecule has 6 rings (SSSR count). The molecule has 3 N–H and O–H groups in total. The molecule has 1 unspecified atom stereocenters. The molecule has 0 spiro atoms. The Labute approximate surface area is 260 Å². The van der Waals surface area contributed by atoms with E-state index in [4.69, 9.17) is 0 Å². The van der Waals surface area contributed by atoms with Crippen molar-refractivity contribution in [2.45, 2.75) is 49.7 Å². The van der Waals surface area contributed by atoms with E-state index in [1.165, 1.54) is 15.8 Å². The van der Waals surface area contributed by atoms with Crippen LogP contribution in [0.25, 0.3) is 0 Å². The van der Waals surface area contributed by atoms with Crippen LogP contribution >= 0.6 is 15.9 Å². The maximum atomic E-state index is 12.3. The number of benzene rings is 2. The Bertz CT molecular complexity index is 1540. The Hall–Kier alpha value is -3.54. The minimum Gasteiger partial charge on any atom is -0.379 e. The zero-order valence-corrected chi connectivity index (χ0v) is 26.1. The average Bonchev–Trinajstić information content (AvgIpc) is 2.97. The number of rotatable bonds is 8. The van der Waals surface area contributed by atoms with Gasteiger partial charge in [0.25, 0.3) is 5.56 Å². The number of hydrogen-bond acceptors (Lipinski definition) is 8. The smallest absolute Gasteiger partial charge is 0.282 e. The molecule has 11 heteroatoms. The largest absolute Gasteiger partial charge is 0.379 e. The summed E-state index contributed by atoms with van der Waals surface area (Å²) < 4.78 is 1.84. The van der Waals surface area contributed by atoms with Gasteiger partial charge in [-0.3, -0.25) is 19.7 Å². The molecular weight excluding hydrogens is 610 g/mol. The van der Waals surface area contributed by atoms with Crippen molar-refractivity contribution in [3.63, 3.8) is 0 Å². The molecule has 10 nitrogen and oxygen atoms in total. The van der Waals surface area contributed by atoms with Gasteiger partial charge in [0.1, 0.15) is 4.47 Å². The first-order chi connectivity index (χ1) is 20.7. The molecule has 4 heterocycles. The number of halogens is 1. The fraction of sp³-hybridized carbons (Fsp3) is 0.438. The number of aromatic nitrogens is 2. The molecule has 0 radical (unpaired) electrons. The van der Waals surface area contributed by atoms with Gasteiger partial charge in [0.2, 0.25) is 11.8 Å². The molecule has 2 amide bonds. The number of imide groups is 1. The first kappa shape index (κ1) is 29.5. The normalized spacial score (nSPS) is 23.1. The molecule has 3 atom stereocenters. The molecule has 226 valence electrons. The lowest BCUT2D eigenvalue weighted by Crippen LogP contribution is -2.57. The quantitative estimate of drug-likeness (QED) is 0.320. The summed E-state index contributed by atoms with van der Waals surface area (Å²) in [5.74, 6) is -0.218. The number of carbonyl (C=O) groups is 2. The fourth-order valence-corrected chi connectivity index (χ4v) is 6.89. The molecule has 0 aliphatic carbocycles. The molecular formula is C32H38BrN7O3. The number of anilines is 2. The van der Waals surface area contributed by atoms with Gasteiger partial charge in [0, 0.05) is 64.0 Å². The van der Waals surface area contributed by atoms with Crippen molar-refractivity contribution in [3.8, 4) is 0 Å². The number of piperidine rings is 2. The van der Waals surface area contributed by atoms with E-state index in [0.717, 1.165) is 56.1 Å². The number of likely N-dealkylation sites (tertiary alicyclic amines) is 1. The van der Waals surface area contributed by atoms with Crippen LogP contribution in [-0.4, -0.2) is 71.8 Å². The van der Waals surface area contributed by atoms with Gasteiger partial charge in [0.15, 0.2) is 0 Å². The van der Waals surface area contributed by atoms with Crippen LogP contribution in [0.1, 0.15) is 47.8 Å². The zero-order valence-electron chi connectivity index (χ0n) is 24.6. The lowest BCUT2D eigenvalue weighted by molar-refractivity contribution is -0.134. The highest BCUT2D eigenvalue weighted by atomic mass is 79.9. The SMILES string of the molecule is CN1C[C@@H](Nc2cnn(C)c(=O)c2Br)C[C@@H](c2ccc(CNC3CN(c4ccc(C5CCC(=O)NC5=O)cc4)C3)cc2)C1. The van der Waals surface area contributed by atoms with Gasteiger partial charge in [0.05, 0.1) is 17.8 Å². The van der Waals surface area contributed by atoms with Crippen molar-refractivity contribution in [2.75, 3.05) is 43.4 Å². The summed E-state index contributed by atoms with van der Waals surface area (Å²) >= 11 is 3.43. The zero-order chi connectivity index (χ0) is 30.1. The second-order valence-corrected chi connectivity index (χ2v) is 12.9. The van der Waals surface area contributed by atoms with Crippen LogP contribution in [0, 0.1) is 0 Å². The Kier molecular flexibility index (Phi) is 8.65. The summed E-state index contributed by atoms with van der Waals surface area (Å²) in [5.41, 5.74) is 5.31. The molecule has 0 bridgehead atoms. The lowest BCUT2D eigenvalue weighted by Gasteiger charge is -2.41. The Morgan fingerprint density at radius 3 is 2.37 bits per heavy atom. The third-order valence-electron chi connectivity index (χ3n) is 8.90. The molecule has 3 saturated heterocycles. The third-order valence-corrected chi connectivity index (χ3v) is 9.66. The third kappa shape index (κ3) is 6.68. The lowest BCUT2D eigenvalue weighted by atomic mass is 9.87. The summed E-state index contributed by atoms with van der Waals surface area (Å²) in [6, 6.07) is 17.8. The van der Waals surface area contributed by atoms with E-state index in [9.17, 15) is 14.4 Å². The number of likely N-dealkylation sites (N-methyl/N-ethyl adjacent to an activating group) is 1. The van der Waals surface area contributed by atoms with Crippen LogP contribution in [0.4, 0.5) is 11.4 Å². The number of nitrogens with zero attached hydrogens (tertiary/aromatic N) is 4. The van der Waals surface area contributed by atoms with Crippen molar-refractivity contribution < 1.29 is 9.59 Å². The number of hydrogen-bond donors (Lipinski definition) is 3. The Morgan fingerprint density at radius 2 is 1.65 bits per heavy atom. The molecule has 2 aromatic carbocycles. The Balaban J connectivity index is 0.974. The number of aryl methyl sites for hydroxylation is 1. The van der Waals surface area contributed by atoms with Crippen LogP contribution in [-0.2, 0) is 23.2 Å². The van der Waals surface area contributed by atoms with Gasteiger partial charge in [-0.25, -0.2) is 4.68 Å². The molecule has 43 heavy (non-hydrogen) atoms. The van der Waals surface area contributed by atoms with Crippen LogP contribution in [0.15, 0.2) is 64.0 Å². The summed E-state index contributed by atoms with van der Waals surface area (Å²) in [4.78, 5) is 40.5. The van der Waals surface area contributed by atoms with Crippen LogP contribution in [0.2, 0.25) is 0 Å². The van der Waals surface area contributed by atoms with Crippen molar-refractivity contribution in [1.29, 1.82) is 0 Å². The van der Waals surface area contributed by atoms with Gasteiger partial charge < -0.3 is 20.4 Å². The minimum atomic E-state index is -0.243. The van der Waals surface area contributed by atoms with Crippen molar-refractivity contribution in [1.82, 2.24) is 25.3 Å². The number of nitrogens with one attached hydrogen (secondary N) is 3. The van der Waals surface area contributed by atoms with Crippen molar-refractivity contribution in [2.24, 2.45) is 7.05 Å². The molecule has 1 aromatic heterocycles. The topological polar surface area (TPSA) is 112 Å². The summed E-state index contributed by atoms with van der Waals surface area (Å²) in [6.45, 7) is 4.61. The van der Waals surface area contributed by atoms with E-state index in [1.807, 2.05) is 12.1 Å². The van der Waals surface area contributed by atoms with E-state index in [2.05, 4.69) is 90.2 Å². The standard InChI is InChI=1S/C32H38BrN7O3/c1-38-16-23(13-24(17-38)36-28-15-35-39(2)32(43)30(28)33)21-5-3-20(4-6-21)14-34-25-18-40(19-25)26-9-7-22(8-10-26)27-11-12-29(41)37-31(27)42/h3-10,15,23-25,27,34,36H,11-14,16-19H2,1-2H3,(H,37,41,42)/t23-,24+,27?/m1/s1. The van der Waals surface area contributed by atoms with E-state index in [-0.39, 0.29) is 29.3 Å². The first-order valence-corrected chi connectivity index (χ1v) is 15.7. The van der Waals surface area contributed by atoms with E-state index < -0.39 is 0 Å². The van der Waals surface area contributed by atoms with Gasteiger partial charge in [-0.15, -0.1) is 0 Å². The van der Waals surface area contributed by atoms with Gasteiger partial charge in [-0.05, 0) is 70.6 Å². The highest BCUT2D eigenvalue weighted by Gasteiger charge is 2.30. The number of carbonyl (C=O) groups excluding carboxylic acids is 2. The van der Waals surface area contributed by atoms with Gasteiger partial charge >= 0.3 is 0 Å². The highest BCUT2D eigenvalue weighted by Crippen LogP contribution is 2.30. The van der Waals surface area contributed by atoms with E-state index in [1.54, 1.807) is 13.2 Å². The maximum absolute atomic E-state index is 12.3. The van der Waals surface area contributed by atoms with Gasteiger partial charge in [-0.2, -0.15) is 5.10 Å². The first-order valence-electron chi connectivity index (χ1n) is 14.9. The summed E-state index contributed by atoms with van der Waals surface area (Å²) in [6.07, 6.45) is 3.66. The van der Waals surface area contributed by atoms with Crippen LogP contribution in [0.5, 0.6) is 0 Å². The second kappa shape index (κ2) is 12.6. The monoisotopic (exact) mass is 647 g/mol. The molecule has 3 aliphatic rings. The number of amides is 2. The highest BCUT2D eigenvalue weighted by molar-refractivity contribution is 9.10. The molecule has 3 fully saturated rings. The Morgan fingerprint density at radius 1 is 0.930 bits per heavy atom. The molecule has 3 aliphatic heterocycles. The predicted molar refractivity (Wildman–Crippen MR) is 170 cm³/mol. The molecule has 3 aromatic rings. The summed E-state index contributed by atoms with van der Waals surface area (Å²) in [5, 5.41) is 13.8. The molecule has 0 saturated carbocycles. The van der Waals surface area contributed by atoms with Crippen LogP contribution < -0.4 is 26.4 Å². The fourth-order valence-electron chi connectivity index (χ4n) is 6.41. The van der Waals surface area contributed by atoms with Crippen molar-refractivity contribution in [3.05, 3.63) is 86.2 Å². The maximum Gasteiger partial charge on any atom is 0.282 e. The minimum absolute atomic E-state index is 0.148. The van der Waals surface area contributed by atoms with Crippen LogP contribution in [0.3, 0.4) is 0 Å². The van der Waals surface area contributed by atoms with E-state index in [0.29, 0.717) is 29.3 Å². The van der Waals surface area contributed by atoms with Crippen molar-refractivity contribution >= 4 is 39.1 Å². The second-order valence-electron chi connectivity index (χ2n) is 12.1. The summed E-state index contributed by atoms with van der Waals surface area (Å²) in [7, 11) is 3.79.